The molecule has 88 valence electrons. The van der Waals surface area contributed by atoms with Crippen molar-refractivity contribution in [3.63, 3.8) is 0 Å². The largest absolute Gasteiger partial charge is 0.369 e. The molecule has 1 aromatic rings. The monoisotopic (exact) mass is 229 g/mol. The first-order chi connectivity index (χ1) is 8.20. The molecule has 1 aromatic carbocycles. The topological polar surface area (TPSA) is 56.1 Å². The second-order valence-corrected chi connectivity index (χ2v) is 4.20. The van der Waals surface area contributed by atoms with Crippen molar-refractivity contribution in [2.24, 2.45) is 0 Å². The molecule has 1 amide bonds. The third kappa shape index (κ3) is 2.56. The first kappa shape index (κ1) is 11.5. The Hall–Kier alpha value is -2.02. The van der Waals surface area contributed by atoms with Crippen molar-refractivity contribution >= 4 is 11.6 Å². The van der Waals surface area contributed by atoms with E-state index in [0.29, 0.717) is 18.5 Å². The Balaban J connectivity index is 2.19. The van der Waals surface area contributed by atoms with Gasteiger partial charge in [0.15, 0.2) is 0 Å². The molecule has 0 spiro atoms. The fourth-order valence-corrected chi connectivity index (χ4v) is 2.00. The molecule has 17 heavy (non-hydrogen) atoms. The summed E-state index contributed by atoms with van der Waals surface area (Å²) >= 11 is 0. The molecule has 0 atom stereocenters. The van der Waals surface area contributed by atoms with Crippen LogP contribution in [0.5, 0.6) is 0 Å². The molecule has 1 N–H and O–H groups in total. The van der Waals surface area contributed by atoms with Gasteiger partial charge in [0, 0.05) is 31.7 Å². The lowest BCUT2D eigenvalue weighted by atomic mass is 10.1. The molecule has 1 aliphatic rings. The first-order valence-electron chi connectivity index (χ1n) is 5.73. The van der Waals surface area contributed by atoms with Gasteiger partial charge in [-0.15, -0.1) is 0 Å². The summed E-state index contributed by atoms with van der Waals surface area (Å²) in [4.78, 5) is 13.4. The second-order valence-electron chi connectivity index (χ2n) is 4.20. The van der Waals surface area contributed by atoms with Crippen molar-refractivity contribution in [1.29, 1.82) is 5.26 Å². The summed E-state index contributed by atoms with van der Waals surface area (Å²) in [6, 6.07) is 7.95. The van der Waals surface area contributed by atoms with Crippen LogP contribution in [0.4, 0.5) is 5.69 Å². The van der Waals surface area contributed by atoms with Crippen LogP contribution in [0.15, 0.2) is 18.2 Å². The van der Waals surface area contributed by atoms with E-state index in [4.69, 9.17) is 5.26 Å². The summed E-state index contributed by atoms with van der Waals surface area (Å²) in [6.07, 6.45) is 0.527. The Morgan fingerprint density at radius 2 is 2.24 bits per heavy atom. The predicted octanol–water partition coefficient (Wildman–Crippen LogP) is 1.19. The highest BCUT2D eigenvalue weighted by molar-refractivity contribution is 5.77. The van der Waals surface area contributed by atoms with Crippen molar-refractivity contribution < 1.29 is 4.79 Å². The molecule has 0 unspecified atom stereocenters. The van der Waals surface area contributed by atoms with Crippen LogP contribution in [-0.4, -0.2) is 25.5 Å². The van der Waals surface area contributed by atoms with E-state index < -0.39 is 0 Å². The number of hydrogen-bond donors (Lipinski definition) is 1. The fraction of sp³-hybridized carbons (Fsp3) is 0.385. The number of carbonyl (C=O) groups is 1. The van der Waals surface area contributed by atoms with E-state index in [2.05, 4.69) is 16.3 Å². The molecule has 1 fully saturated rings. The average molecular weight is 229 g/mol. The van der Waals surface area contributed by atoms with Crippen LogP contribution < -0.4 is 10.2 Å². The lowest BCUT2D eigenvalue weighted by Crippen LogP contribution is -2.28. The van der Waals surface area contributed by atoms with E-state index in [9.17, 15) is 4.79 Å². The molecule has 0 aliphatic carbocycles. The molecule has 0 aromatic heterocycles. The molecule has 2 rings (SSSR count). The number of nitrogens with zero attached hydrogens (tertiary/aromatic N) is 2. The van der Waals surface area contributed by atoms with Crippen LogP contribution in [-0.2, 0) is 4.79 Å². The van der Waals surface area contributed by atoms with E-state index >= 15 is 0 Å². The van der Waals surface area contributed by atoms with Crippen LogP contribution in [0.25, 0.3) is 0 Å². The number of carbonyl (C=O) groups excluding carboxylic acids is 1. The maximum absolute atomic E-state index is 11.2. The summed E-state index contributed by atoms with van der Waals surface area (Å²) in [5.74, 6) is 0.109. The highest BCUT2D eigenvalue weighted by Gasteiger charge is 2.14. The van der Waals surface area contributed by atoms with E-state index in [1.54, 1.807) is 0 Å². The minimum absolute atomic E-state index is 0.109. The van der Waals surface area contributed by atoms with Crippen molar-refractivity contribution in [2.75, 3.05) is 24.5 Å². The third-order valence-electron chi connectivity index (χ3n) is 3.01. The molecular formula is C13H15N3O. The van der Waals surface area contributed by atoms with Crippen LogP contribution >= 0.6 is 0 Å². The molecule has 1 aliphatic heterocycles. The molecular weight excluding hydrogens is 214 g/mol. The van der Waals surface area contributed by atoms with Gasteiger partial charge >= 0.3 is 0 Å². The molecule has 0 bridgehead atoms. The number of amides is 1. The average Bonchev–Trinajstić information content (AvgIpc) is 2.54. The zero-order valence-electron chi connectivity index (χ0n) is 9.86. The number of rotatable bonds is 1. The highest BCUT2D eigenvalue weighted by Crippen LogP contribution is 2.19. The van der Waals surface area contributed by atoms with Gasteiger partial charge in [0.2, 0.25) is 5.91 Å². The number of aryl methyl sites for hydroxylation is 1. The molecule has 0 saturated carbocycles. The Morgan fingerprint density at radius 1 is 1.41 bits per heavy atom. The summed E-state index contributed by atoms with van der Waals surface area (Å²) in [5, 5.41) is 11.7. The molecule has 1 heterocycles. The number of hydrogen-bond acceptors (Lipinski definition) is 3. The lowest BCUT2D eigenvalue weighted by molar-refractivity contribution is -0.120. The van der Waals surface area contributed by atoms with Crippen LogP contribution in [0.2, 0.25) is 0 Å². The minimum Gasteiger partial charge on any atom is -0.369 e. The number of benzene rings is 1. The lowest BCUT2D eigenvalue weighted by Gasteiger charge is -2.22. The van der Waals surface area contributed by atoms with Gasteiger partial charge in [0.25, 0.3) is 0 Å². The van der Waals surface area contributed by atoms with Crippen LogP contribution in [0, 0.1) is 18.3 Å². The van der Waals surface area contributed by atoms with Crippen LogP contribution in [0.1, 0.15) is 17.5 Å². The summed E-state index contributed by atoms with van der Waals surface area (Å²) in [7, 11) is 0. The maximum atomic E-state index is 11.2. The zero-order chi connectivity index (χ0) is 12.3. The fourth-order valence-electron chi connectivity index (χ4n) is 2.00. The van der Waals surface area contributed by atoms with Gasteiger partial charge in [-0.25, -0.2) is 0 Å². The Bertz CT molecular complexity index is 476. The van der Waals surface area contributed by atoms with E-state index in [1.165, 1.54) is 0 Å². The smallest absolute Gasteiger partial charge is 0.221 e. The van der Waals surface area contributed by atoms with Crippen molar-refractivity contribution in [2.45, 2.75) is 13.3 Å². The van der Waals surface area contributed by atoms with Gasteiger partial charge in [-0.05, 0) is 30.7 Å². The normalized spacial score (nSPS) is 16.0. The number of nitrogens with one attached hydrogen (secondary N) is 1. The van der Waals surface area contributed by atoms with Crippen LogP contribution in [0.3, 0.4) is 0 Å². The van der Waals surface area contributed by atoms with Crippen molar-refractivity contribution in [1.82, 2.24) is 5.32 Å². The molecule has 1 saturated heterocycles. The zero-order valence-corrected chi connectivity index (χ0v) is 9.86. The van der Waals surface area contributed by atoms with Gasteiger partial charge in [-0.2, -0.15) is 5.26 Å². The van der Waals surface area contributed by atoms with E-state index in [1.807, 2.05) is 25.1 Å². The van der Waals surface area contributed by atoms with Crippen molar-refractivity contribution in [3.05, 3.63) is 29.3 Å². The SMILES string of the molecule is Cc1cc(N2CCNC(=O)CC2)ccc1C#N. The quantitative estimate of drug-likeness (QED) is 0.787. The number of anilines is 1. The van der Waals surface area contributed by atoms with E-state index in [0.717, 1.165) is 24.3 Å². The van der Waals surface area contributed by atoms with E-state index in [-0.39, 0.29) is 5.91 Å². The Labute approximate surface area is 101 Å². The highest BCUT2D eigenvalue weighted by atomic mass is 16.1. The summed E-state index contributed by atoms with van der Waals surface area (Å²) in [5.41, 5.74) is 2.77. The summed E-state index contributed by atoms with van der Waals surface area (Å²) in [6.45, 7) is 4.16. The van der Waals surface area contributed by atoms with Gasteiger partial charge < -0.3 is 10.2 Å². The van der Waals surface area contributed by atoms with Gasteiger partial charge in [0.1, 0.15) is 0 Å². The Kier molecular flexibility index (Phi) is 3.29. The standard InChI is InChI=1S/C13H15N3O/c1-10-8-12(3-2-11(10)9-14)16-6-4-13(17)15-5-7-16/h2-3,8H,4-7H2,1H3,(H,15,17). The third-order valence-corrected chi connectivity index (χ3v) is 3.01. The summed E-state index contributed by atoms with van der Waals surface area (Å²) < 4.78 is 0. The van der Waals surface area contributed by atoms with Crippen molar-refractivity contribution in [3.8, 4) is 6.07 Å². The minimum atomic E-state index is 0.109. The first-order valence-corrected chi connectivity index (χ1v) is 5.73. The molecule has 4 heteroatoms. The van der Waals surface area contributed by atoms with Gasteiger partial charge in [-0.3, -0.25) is 4.79 Å². The number of nitriles is 1. The maximum Gasteiger partial charge on any atom is 0.221 e. The molecule has 4 nitrogen and oxygen atoms in total. The van der Waals surface area contributed by atoms with Gasteiger partial charge in [0.05, 0.1) is 11.6 Å². The Morgan fingerprint density at radius 3 is 2.94 bits per heavy atom. The second kappa shape index (κ2) is 4.88. The van der Waals surface area contributed by atoms with Gasteiger partial charge in [-0.1, -0.05) is 0 Å². The predicted molar refractivity (Wildman–Crippen MR) is 65.7 cm³/mol. The molecule has 0 radical (unpaired) electrons.